The quantitative estimate of drug-likeness (QED) is 0.521. The van der Waals surface area contributed by atoms with E-state index >= 15 is 0 Å². The van der Waals surface area contributed by atoms with Crippen molar-refractivity contribution in [3.63, 3.8) is 0 Å². The van der Waals surface area contributed by atoms with Gasteiger partial charge in [0, 0.05) is 17.4 Å². The Balaban J connectivity index is 1.55. The number of hydrogen-bond donors (Lipinski definition) is 1. The predicted octanol–water partition coefficient (Wildman–Crippen LogP) is 2.63. The van der Waals surface area contributed by atoms with Crippen molar-refractivity contribution in [1.29, 1.82) is 0 Å². The number of fused-ring (bicyclic) bond motifs is 4. The third-order valence-corrected chi connectivity index (χ3v) is 6.74. The summed E-state index contributed by atoms with van der Waals surface area (Å²) in [6.07, 6.45) is 3.31. The third-order valence-electron chi connectivity index (χ3n) is 6.74. The molecule has 1 aliphatic carbocycles. The summed E-state index contributed by atoms with van der Waals surface area (Å²) in [5, 5.41) is 0.839. The van der Waals surface area contributed by atoms with Gasteiger partial charge in [0.1, 0.15) is 18.3 Å². The fraction of sp³-hybridized carbons (Fsp3) is 0.360. The molecule has 1 aliphatic heterocycles. The van der Waals surface area contributed by atoms with Crippen molar-refractivity contribution >= 4 is 16.9 Å². The van der Waals surface area contributed by atoms with Gasteiger partial charge in [-0.15, -0.1) is 0 Å². The topological polar surface area (TPSA) is 70.2 Å². The SMILES string of the molecule is COC(=O)Cc1c(C)c2ccc3c(c2oc1=O)C[NH+]([C@@H]1CCCc2ccccc21)CO3. The highest BCUT2D eigenvalue weighted by atomic mass is 16.5. The molecule has 5 rings (SSSR count). The van der Waals surface area contributed by atoms with Crippen LogP contribution in [-0.2, 0) is 28.9 Å². The third kappa shape index (κ3) is 3.41. The van der Waals surface area contributed by atoms with Gasteiger partial charge in [0.25, 0.3) is 0 Å². The van der Waals surface area contributed by atoms with E-state index in [4.69, 9.17) is 13.9 Å². The van der Waals surface area contributed by atoms with Crippen LogP contribution in [0.2, 0.25) is 0 Å². The maximum Gasteiger partial charge on any atom is 0.340 e. The van der Waals surface area contributed by atoms with Crippen LogP contribution in [0.25, 0.3) is 11.0 Å². The standard InChI is InChI=1S/C25H25NO5/c1-15-17-10-11-22-20(24(17)31-25(28)19(15)12-23(27)29-2)13-26(14-30-22)21-9-5-7-16-6-3-4-8-18(16)21/h3-4,6,8,10-11,21H,5,7,9,12-14H2,1-2H3/p+1/t21-/m1/s1. The van der Waals surface area contributed by atoms with E-state index in [1.807, 2.05) is 19.1 Å². The van der Waals surface area contributed by atoms with Crippen LogP contribution in [0.4, 0.5) is 0 Å². The van der Waals surface area contributed by atoms with Gasteiger partial charge >= 0.3 is 11.6 Å². The Kier molecular flexibility index (Phi) is 5.02. The Morgan fingerprint density at radius 3 is 2.90 bits per heavy atom. The number of aryl methyl sites for hydroxylation is 2. The Morgan fingerprint density at radius 1 is 1.23 bits per heavy atom. The second-order valence-corrected chi connectivity index (χ2v) is 8.43. The highest BCUT2D eigenvalue weighted by Gasteiger charge is 2.34. The summed E-state index contributed by atoms with van der Waals surface area (Å²) in [5.74, 6) is 0.311. The highest BCUT2D eigenvalue weighted by Crippen LogP contribution is 2.33. The molecule has 0 bridgehead atoms. The molecule has 0 fully saturated rings. The minimum atomic E-state index is -0.487. The number of hydrogen-bond acceptors (Lipinski definition) is 5. The summed E-state index contributed by atoms with van der Waals surface area (Å²) < 4.78 is 16.6. The van der Waals surface area contributed by atoms with Crippen molar-refractivity contribution < 1.29 is 23.6 Å². The van der Waals surface area contributed by atoms with Gasteiger partial charge in [-0.2, -0.15) is 0 Å². The van der Waals surface area contributed by atoms with Gasteiger partial charge in [0.05, 0.1) is 24.7 Å². The molecular weight excluding hydrogens is 394 g/mol. The minimum absolute atomic E-state index is 0.0928. The fourth-order valence-electron chi connectivity index (χ4n) is 5.07. The number of quaternary nitrogens is 1. The Morgan fingerprint density at radius 2 is 2.06 bits per heavy atom. The van der Waals surface area contributed by atoms with Crippen LogP contribution in [0.3, 0.4) is 0 Å². The zero-order valence-corrected chi connectivity index (χ0v) is 17.8. The summed E-state index contributed by atoms with van der Waals surface area (Å²) in [6, 6.07) is 12.9. The summed E-state index contributed by atoms with van der Waals surface area (Å²) in [4.78, 5) is 25.8. The molecule has 0 saturated heterocycles. The summed E-state index contributed by atoms with van der Waals surface area (Å²) in [7, 11) is 1.31. The number of rotatable bonds is 3. The molecule has 0 spiro atoms. The molecule has 3 aromatic rings. The molecular formula is C25H26NO5+. The second-order valence-electron chi connectivity index (χ2n) is 8.43. The van der Waals surface area contributed by atoms with Gasteiger partial charge in [-0.1, -0.05) is 24.3 Å². The van der Waals surface area contributed by atoms with E-state index in [1.54, 1.807) is 0 Å². The smallest absolute Gasteiger partial charge is 0.340 e. The predicted molar refractivity (Wildman–Crippen MR) is 115 cm³/mol. The molecule has 0 amide bonds. The Hall–Kier alpha value is -3.12. The van der Waals surface area contributed by atoms with Crippen LogP contribution in [0.5, 0.6) is 5.75 Å². The maximum atomic E-state index is 12.7. The molecule has 1 unspecified atom stereocenters. The number of carbonyl (C=O) groups is 1. The molecule has 6 nitrogen and oxygen atoms in total. The molecule has 0 saturated carbocycles. The molecule has 6 heteroatoms. The lowest BCUT2D eigenvalue weighted by Crippen LogP contribution is -3.12. The Bertz CT molecular complexity index is 1230. The van der Waals surface area contributed by atoms with E-state index in [1.165, 1.54) is 29.6 Å². The number of carbonyl (C=O) groups excluding carboxylic acids is 1. The summed E-state index contributed by atoms with van der Waals surface area (Å²) in [5.41, 5.74) is 4.93. The summed E-state index contributed by atoms with van der Waals surface area (Å²) >= 11 is 0. The van der Waals surface area contributed by atoms with Crippen molar-refractivity contribution in [2.45, 2.75) is 45.2 Å². The summed E-state index contributed by atoms with van der Waals surface area (Å²) in [6.45, 7) is 3.17. The lowest BCUT2D eigenvalue weighted by molar-refractivity contribution is -0.963. The van der Waals surface area contributed by atoms with Crippen LogP contribution in [0.15, 0.2) is 45.6 Å². The van der Waals surface area contributed by atoms with E-state index in [0.717, 1.165) is 41.6 Å². The molecule has 31 heavy (non-hydrogen) atoms. The number of benzene rings is 2. The van der Waals surface area contributed by atoms with Gasteiger partial charge < -0.3 is 13.9 Å². The molecule has 0 radical (unpaired) electrons. The van der Waals surface area contributed by atoms with Crippen LogP contribution in [-0.4, -0.2) is 19.8 Å². The van der Waals surface area contributed by atoms with Crippen molar-refractivity contribution in [2.75, 3.05) is 13.8 Å². The Labute approximate surface area is 180 Å². The van der Waals surface area contributed by atoms with E-state index < -0.39 is 11.6 Å². The largest absolute Gasteiger partial charge is 0.469 e. The van der Waals surface area contributed by atoms with Crippen molar-refractivity contribution in [1.82, 2.24) is 0 Å². The minimum Gasteiger partial charge on any atom is -0.469 e. The zero-order chi connectivity index (χ0) is 21.5. The molecule has 1 N–H and O–H groups in total. The molecule has 2 heterocycles. The normalized spacial score (nSPS) is 19.9. The first-order valence-corrected chi connectivity index (χ1v) is 10.8. The van der Waals surface area contributed by atoms with E-state index in [2.05, 4.69) is 24.3 Å². The van der Waals surface area contributed by atoms with Gasteiger partial charge in [-0.3, -0.25) is 9.69 Å². The number of esters is 1. The molecule has 1 aromatic heterocycles. The van der Waals surface area contributed by atoms with Gasteiger partial charge in [0.15, 0.2) is 5.58 Å². The first-order chi connectivity index (χ1) is 15.1. The lowest BCUT2D eigenvalue weighted by Gasteiger charge is -2.35. The van der Waals surface area contributed by atoms with Gasteiger partial charge in [0.2, 0.25) is 6.73 Å². The lowest BCUT2D eigenvalue weighted by atomic mass is 9.86. The highest BCUT2D eigenvalue weighted by molar-refractivity contribution is 5.87. The molecule has 2 atom stereocenters. The number of ether oxygens (including phenoxy) is 2. The first-order valence-electron chi connectivity index (χ1n) is 10.8. The fourth-order valence-corrected chi connectivity index (χ4v) is 5.07. The van der Waals surface area contributed by atoms with Crippen LogP contribution in [0.1, 0.15) is 46.7 Å². The van der Waals surface area contributed by atoms with E-state index in [0.29, 0.717) is 23.9 Å². The molecule has 2 aliphatic rings. The first kappa shape index (κ1) is 19.8. The van der Waals surface area contributed by atoms with E-state index in [9.17, 15) is 9.59 Å². The van der Waals surface area contributed by atoms with E-state index in [-0.39, 0.29) is 6.42 Å². The van der Waals surface area contributed by atoms with Crippen LogP contribution < -0.4 is 15.3 Å². The van der Waals surface area contributed by atoms with Crippen molar-refractivity contribution in [3.8, 4) is 5.75 Å². The molecule has 2 aromatic carbocycles. The molecule has 160 valence electrons. The van der Waals surface area contributed by atoms with Gasteiger partial charge in [-0.25, -0.2) is 4.79 Å². The maximum absolute atomic E-state index is 12.7. The van der Waals surface area contributed by atoms with Gasteiger partial charge in [-0.05, 0) is 43.0 Å². The zero-order valence-electron chi connectivity index (χ0n) is 17.8. The van der Waals surface area contributed by atoms with Crippen molar-refractivity contribution in [3.05, 3.63) is 74.6 Å². The monoisotopic (exact) mass is 420 g/mol. The van der Waals surface area contributed by atoms with Crippen LogP contribution in [0, 0.1) is 6.92 Å². The second kappa shape index (κ2) is 7.85. The van der Waals surface area contributed by atoms with Crippen molar-refractivity contribution in [2.24, 2.45) is 0 Å². The number of methoxy groups -OCH3 is 1. The average molecular weight is 420 g/mol. The van der Waals surface area contributed by atoms with Crippen LogP contribution >= 0.6 is 0 Å². The number of nitrogens with one attached hydrogen (secondary N) is 1. The average Bonchev–Trinajstić information content (AvgIpc) is 2.80.